The number of hydrogen-bond acceptors (Lipinski definition) is 7. The van der Waals surface area contributed by atoms with E-state index in [1.807, 2.05) is 6.26 Å². The Morgan fingerprint density at radius 1 is 0.844 bits per heavy atom. The predicted octanol–water partition coefficient (Wildman–Crippen LogP) is -0.817. The number of carbonyl (C=O) groups is 5. The fourth-order valence-corrected chi connectivity index (χ4v) is 3.23. The highest BCUT2D eigenvalue weighted by Crippen LogP contribution is 2.09. The van der Waals surface area contributed by atoms with Gasteiger partial charge in [-0.25, -0.2) is 4.79 Å². The second-order valence-electron chi connectivity index (χ2n) is 8.25. The summed E-state index contributed by atoms with van der Waals surface area (Å²) in [4.78, 5) is 60.3. The molecule has 0 saturated carbocycles. The number of nitrogens with two attached hydrogens (primary N) is 2. The van der Waals surface area contributed by atoms with Gasteiger partial charge >= 0.3 is 5.97 Å². The molecule has 184 valence electrons. The zero-order valence-electron chi connectivity index (χ0n) is 19.3. The van der Waals surface area contributed by atoms with E-state index in [1.165, 1.54) is 11.8 Å². The van der Waals surface area contributed by atoms with Gasteiger partial charge in [-0.05, 0) is 36.7 Å². The van der Waals surface area contributed by atoms with Gasteiger partial charge in [0, 0.05) is 6.42 Å². The van der Waals surface area contributed by atoms with Crippen molar-refractivity contribution in [3.63, 3.8) is 0 Å². The fraction of sp³-hybridized carbons (Fsp3) is 0.750. The molecule has 0 aromatic carbocycles. The van der Waals surface area contributed by atoms with E-state index < -0.39 is 53.8 Å². The Kier molecular flexibility index (Phi) is 13.6. The first-order valence-electron chi connectivity index (χ1n) is 10.5. The Hall–Kier alpha value is -2.34. The molecule has 0 aliphatic carbocycles. The molecule has 0 aliphatic rings. The molecule has 0 aromatic heterocycles. The molecule has 4 atom stereocenters. The van der Waals surface area contributed by atoms with Crippen LogP contribution in [0.25, 0.3) is 0 Å². The van der Waals surface area contributed by atoms with E-state index in [2.05, 4.69) is 16.0 Å². The highest BCUT2D eigenvalue weighted by Gasteiger charge is 2.32. The Morgan fingerprint density at radius 3 is 1.72 bits per heavy atom. The number of primary amides is 1. The van der Waals surface area contributed by atoms with E-state index in [4.69, 9.17) is 11.5 Å². The summed E-state index contributed by atoms with van der Waals surface area (Å²) in [6.45, 7) is 6.86. The molecule has 0 radical (unpaired) electrons. The first-order valence-corrected chi connectivity index (χ1v) is 11.9. The Balaban J connectivity index is 5.27. The molecular weight excluding hydrogens is 438 g/mol. The lowest BCUT2D eigenvalue weighted by molar-refractivity contribution is -0.142. The van der Waals surface area contributed by atoms with E-state index in [1.54, 1.807) is 27.7 Å². The third-order valence-electron chi connectivity index (χ3n) is 4.76. The fourth-order valence-electron chi connectivity index (χ4n) is 2.76. The standard InChI is InChI=1S/C20H37N5O6S/c1-10(2)15(18(28)23-13(20(30)31)8-9-32-5)25-19(29)16(11(3)4)24-17(27)12(21)6-7-14(22)26/h10-13,15-16H,6-9,21H2,1-5H3,(H2,22,26)(H,23,28)(H,24,27)(H,25,29)(H,30,31). The van der Waals surface area contributed by atoms with Crippen LogP contribution in [0.3, 0.4) is 0 Å². The second kappa shape index (κ2) is 14.7. The zero-order chi connectivity index (χ0) is 25.0. The Morgan fingerprint density at radius 2 is 1.31 bits per heavy atom. The van der Waals surface area contributed by atoms with Crippen molar-refractivity contribution in [3.05, 3.63) is 0 Å². The van der Waals surface area contributed by atoms with Crippen molar-refractivity contribution in [2.24, 2.45) is 23.3 Å². The molecule has 0 aliphatic heterocycles. The van der Waals surface area contributed by atoms with Gasteiger partial charge in [0.15, 0.2) is 0 Å². The first-order chi connectivity index (χ1) is 14.8. The van der Waals surface area contributed by atoms with E-state index in [9.17, 15) is 29.1 Å². The lowest BCUT2D eigenvalue weighted by Gasteiger charge is -2.28. The van der Waals surface area contributed by atoms with Crippen molar-refractivity contribution in [2.75, 3.05) is 12.0 Å². The third-order valence-corrected chi connectivity index (χ3v) is 5.40. The molecule has 0 saturated heterocycles. The number of aliphatic carboxylic acids is 1. The van der Waals surface area contributed by atoms with E-state index >= 15 is 0 Å². The van der Waals surface area contributed by atoms with E-state index in [-0.39, 0.29) is 31.1 Å². The molecular formula is C20H37N5O6S. The number of carboxylic acid groups (broad SMARTS) is 1. The summed E-state index contributed by atoms with van der Waals surface area (Å²) in [6, 6.07) is -4.08. The van der Waals surface area contributed by atoms with Crippen LogP contribution in [0.5, 0.6) is 0 Å². The van der Waals surface area contributed by atoms with Crippen LogP contribution in [0, 0.1) is 11.8 Å². The maximum Gasteiger partial charge on any atom is 0.326 e. The molecule has 32 heavy (non-hydrogen) atoms. The molecule has 12 heteroatoms. The predicted molar refractivity (Wildman–Crippen MR) is 123 cm³/mol. The Bertz CT molecular complexity index is 673. The lowest BCUT2D eigenvalue weighted by Crippen LogP contribution is -2.59. The van der Waals surface area contributed by atoms with Crippen molar-refractivity contribution in [2.45, 2.75) is 71.1 Å². The maximum absolute atomic E-state index is 12.9. The Labute approximate surface area is 193 Å². The summed E-state index contributed by atoms with van der Waals surface area (Å²) < 4.78 is 0. The highest BCUT2D eigenvalue weighted by molar-refractivity contribution is 7.98. The van der Waals surface area contributed by atoms with Crippen molar-refractivity contribution >= 4 is 41.4 Å². The van der Waals surface area contributed by atoms with Crippen LogP contribution < -0.4 is 27.4 Å². The van der Waals surface area contributed by atoms with Gasteiger partial charge in [0.05, 0.1) is 6.04 Å². The minimum Gasteiger partial charge on any atom is -0.480 e. The van der Waals surface area contributed by atoms with Crippen LogP contribution in [0.2, 0.25) is 0 Å². The van der Waals surface area contributed by atoms with Gasteiger partial charge in [-0.1, -0.05) is 27.7 Å². The van der Waals surface area contributed by atoms with Gasteiger partial charge in [0.1, 0.15) is 18.1 Å². The molecule has 4 amide bonds. The normalized spacial score (nSPS) is 14.9. The molecule has 0 spiro atoms. The second-order valence-corrected chi connectivity index (χ2v) is 9.24. The third kappa shape index (κ3) is 10.8. The first kappa shape index (κ1) is 29.7. The minimum absolute atomic E-state index is 0.0389. The average molecular weight is 476 g/mol. The molecule has 0 rings (SSSR count). The average Bonchev–Trinajstić information content (AvgIpc) is 2.69. The maximum atomic E-state index is 12.9. The smallest absolute Gasteiger partial charge is 0.326 e. The van der Waals surface area contributed by atoms with Gasteiger partial charge in [0.25, 0.3) is 0 Å². The molecule has 0 aromatic rings. The summed E-state index contributed by atoms with van der Waals surface area (Å²) >= 11 is 1.46. The summed E-state index contributed by atoms with van der Waals surface area (Å²) in [5, 5.41) is 17.0. The number of carbonyl (C=O) groups excluding carboxylic acids is 4. The van der Waals surface area contributed by atoms with Gasteiger partial charge in [0.2, 0.25) is 23.6 Å². The van der Waals surface area contributed by atoms with E-state index in [0.717, 1.165) is 0 Å². The van der Waals surface area contributed by atoms with Crippen LogP contribution in [0.1, 0.15) is 47.0 Å². The molecule has 0 heterocycles. The molecule has 8 N–H and O–H groups in total. The van der Waals surface area contributed by atoms with Gasteiger partial charge in [-0.2, -0.15) is 11.8 Å². The number of rotatable bonds is 15. The zero-order valence-corrected chi connectivity index (χ0v) is 20.2. The van der Waals surface area contributed by atoms with Gasteiger partial charge < -0.3 is 32.5 Å². The van der Waals surface area contributed by atoms with Crippen LogP contribution in [-0.2, 0) is 24.0 Å². The largest absolute Gasteiger partial charge is 0.480 e. The topological polar surface area (TPSA) is 194 Å². The molecule has 4 unspecified atom stereocenters. The monoisotopic (exact) mass is 475 g/mol. The van der Waals surface area contributed by atoms with E-state index in [0.29, 0.717) is 5.75 Å². The molecule has 11 nitrogen and oxygen atoms in total. The number of amides is 4. The number of carboxylic acids is 1. The number of hydrogen-bond donors (Lipinski definition) is 6. The number of nitrogens with one attached hydrogen (secondary N) is 3. The molecule has 0 bridgehead atoms. The van der Waals surface area contributed by atoms with Gasteiger partial charge in [-0.3, -0.25) is 19.2 Å². The SMILES string of the molecule is CSCCC(NC(=O)C(NC(=O)C(NC(=O)C(N)CCC(N)=O)C(C)C)C(C)C)C(=O)O. The summed E-state index contributed by atoms with van der Waals surface area (Å²) in [7, 11) is 0. The van der Waals surface area contributed by atoms with Crippen LogP contribution >= 0.6 is 11.8 Å². The van der Waals surface area contributed by atoms with Gasteiger partial charge in [-0.15, -0.1) is 0 Å². The van der Waals surface area contributed by atoms with Crippen molar-refractivity contribution in [1.82, 2.24) is 16.0 Å². The summed E-state index contributed by atoms with van der Waals surface area (Å²) in [6.07, 6.45) is 2.05. The number of thioether (sulfide) groups is 1. The molecule has 0 fully saturated rings. The van der Waals surface area contributed by atoms with Crippen LogP contribution in [0.15, 0.2) is 0 Å². The van der Waals surface area contributed by atoms with Crippen molar-refractivity contribution < 1.29 is 29.1 Å². The van der Waals surface area contributed by atoms with Crippen molar-refractivity contribution in [1.29, 1.82) is 0 Å². The quantitative estimate of drug-likeness (QED) is 0.177. The highest BCUT2D eigenvalue weighted by atomic mass is 32.2. The van der Waals surface area contributed by atoms with Crippen molar-refractivity contribution in [3.8, 4) is 0 Å². The minimum atomic E-state index is -1.15. The lowest BCUT2D eigenvalue weighted by atomic mass is 9.98. The van der Waals surface area contributed by atoms with Crippen LogP contribution in [0.4, 0.5) is 0 Å². The summed E-state index contributed by atoms with van der Waals surface area (Å²) in [5.74, 6) is -3.69. The van der Waals surface area contributed by atoms with Crippen LogP contribution in [-0.4, -0.2) is 70.9 Å². The summed E-state index contributed by atoms with van der Waals surface area (Å²) in [5.41, 5.74) is 10.8.